The van der Waals surface area contributed by atoms with Gasteiger partial charge in [0.2, 0.25) is 0 Å². The number of rotatable bonds is 5. The van der Waals surface area contributed by atoms with Crippen LogP contribution in [-0.2, 0) is 14.6 Å². The lowest BCUT2D eigenvalue weighted by Crippen LogP contribution is -2.48. The van der Waals surface area contributed by atoms with Crippen LogP contribution in [0.4, 0.5) is 4.39 Å². The van der Waals surface area contributed by atoms with Gasteiger partial charge in [0, 0.05) is 18.2 Å². The summed E-state index contributed by atoms with van der Waals surface area (Å²) in [5.41, 5.74) is 0. The molecule has 1 aliphatic carbocycles. The van der Waals surface area contributed by atoms with Crippen LogP contribution >= 0.6 is 11.6 Å². The number of halogens is 2. The summed E-state index contributed by atoms with van der Waals surface area (Å²) in [6.07, 6.45) is 4.35. The molecule has 1 unspecified atom stereocenters. The Labute approximate surface area is 152 Å². The number of hydrogen-bond donors (Lipinski definition) is 0. The molecule has 1 amide bonds. The summed E-state index contributed by atoms with van der Waals surface area (Å²) in [6, 6.07) is 3.71. The zero-order valence-electron chi connectivity index (χ0n) is 13.8. The molecule has 8 heteroatoms. The van der Waals surface area contributed by atoms with Crippen LogP contribution in [-0.4, -0.2) is 49.4 Å². The van der Waals surface area contributed by atoms with E-state index >= 15 is 0 Å². The van der Waals surface area contributed by atoms with Crippen LogP contribution in [0, 0.1) is 5.82 Å². The van der Waals surface area contributed by atoms with Gasteiger partial charge in [0.25, 0.3) is 5.91 Å². The van der Waals surface area contributed by atoms with Gasteiger partial charge >= 0.3 is 0 Å². The highest BCUT2D eigenvalue weighted by atomic mass is 35.5. The van der Waals surface area contributed by atoms with Crippen LogP contribution in [0.15, 0.2) is 18.2 Å². The van der Waals surface area contributed by atoms with Crippen molar-refractivity contribution in [2.24, 2.45) is 0 Å². The fraction of sp³-hybridized carbons (Fsp3) is 0.588. The summed E-state index contributed by atoms with van der Waals surface area (Å²) in [5.74, 6) is -0.316. The number of benzene rings is 1. The van der Waals surface area contributed by atoms with E-state index < -0.39 is 15.7 Å². The monoisotopic (exact) mass is 389 g/mol. The highest BCUT2D eigenvalue weighted by Gasteiger charge is 2.39. The van der Waals surface area contributed by atoms with Crippen molar-refractivity contribution in [3.8, 4) is 5.75 Å². The van der Waals surface area contributed by atoms with E-state index in [9.17, 15) is 17.6 Å². The molecular weight excluding hydrogens is 369 g/mol. The maximum atomic E-state index is 13.2. The molecule has 25 heavy (non-hydrogen) atoms. The molecule has 0 N–H and O–H groups in total. The first kappa shape index (κ1) is 18.5. The van der Waals surface area contributed by atoms with Crippen LogP contribution in [0.25, 0.3) is 0 Å². The summed E-state index contributed by atoms with van der Waals surface area (Å²) in [6.45, 7) is -0.213. The Morgan fingerprint density at radius 1 is 1.24 bits per heavy atom. The average Bonchev–Trinajstić information content (AvgIpc) is 3.19. The van der Waals surface area contributed by atoms with E-state index in [0.717, 1.165) is 25.7 Å². The Morgan fingerprint density at radius 2 is 1.96 bits per heavy atom. The number of amides is 1. The topological polar surface area (TPSA) is 63.7 Å². The van der Waals surface area contributed by atoms with Crippen LogP contribution < -0.4 is 4.74 Å². The molecular formula is C17H21ClFNO4S. The molecule has 138 valence electrons. The molecule has 0 aromatic heterocycles. The van der Waals surface area contributed by atoms with E-state index in [0.29, 0.717) is 12.2 Å². The molecule has 0 spiro atoms. The lowest BCUT2D eigenvalue weighted by Gasteiger charge is -2.34. The van der Waals surface area contributed by atoms with Crippen molar-refractivity contribution in [1.82, 2.24) is 4.90 Å². The fourth-order valence-electron chi connectivity index (χ4n) is 3.67. The van der Waals surface area contributed by atoms with E-state index in [1.165, 1.54) is 18.2 Å². The predicted molar refractivity (Wildman–Crippen MR) is 93.1 cm³/mol. The van der Waals surface area contributed by atoms with E-state index in [-0.39, 0.29) is 41.1 Å². The van der Waals surface area contributed by atoms with E-state index in [2.05, 4.69) is 0 Å². The standard InChI is InChI=1S/C17H21ClFNO4S/c18-15-9-14(5-6-16(15)19)24-10-17(21)20(12-3-1-2-4-12)13-7-8-25(22,23)11-13/h5-6,9,12-13H,1-4,7-8,10-11H2. The zero-order chi connectivity index (χ0) is 18.0. The third-order valence-corrected chi connectivity index (χ3v) is 6.90. The van der Waals surface area contributed by atoms with Gasteiger partial charge in [-0.25, -0.2) is 12.8 Å². The average molecular weight is 390 g/mol. The SMILES string of the molecule is O=C(COc1ccc(F)c(Cl)c1)N(C1CCCC1)C1CCS(=O)(=O)C1. The van der Waals surface area contributed by atoms with Gasteiger partial charge in [0.15, 0.2) is 16.4 Å². The molecule has 1 atom stereocenters. The van der Waals surface area contributed by atoms with Crippen LogP contribution in [0.1, 0.15) is 32.1 Å². The predicted octanol–water partition coefficient (Wildman–Crippen LogP) is 2.82. The number of hydrogen-bond acceptors (Lipinski definition) is 4. The first-order valence-electron chi connectivity index (χ1n) is 8.45. The van der Waals surface area contributed by atoms with Gasteiger partial charge < -0.3 is 9.64 Å². The smallest absolute Gasteiger partial charge is 0.261 e. The van der Waals surface area contributed by atoms with Crippen molar-refractivity contribution in [2.75, 3.05) is 18.1 Å². The molecule has 3 rings (SSSR count). The maximum absolute atomic E-state index is 13.2. The zero-order valence-corrected chi connectivity index (χ0v) is 15.4. The van der Waals surface area contributed by atoms with E-state index in [1.54, 1.807) is 4.90 Å². The largest absolute Gasteiger partial charge is 0.484 e. The van der Waals surface area contributed by atoms with Crippen molar-refractivity contribution in [3.05, 3.63) is 29.0 Å². The third-order valence-electron chi connectivity index (χ3n) is 4.86. The minimum absolute atomic E-state index is 0.0254. The van der Waals surface area contributed by atoms with Gasteiger partial charge in [0.05, 0.1) is 16.5 Å². The second kappa shape index (κ2) is 7.50. The molecule has 5 nitrogen and oxygen atoms in total. The molecule has 1 aromatic carbocycles. The summed E-state index contributed by atoms with van der Waals surface area (Å²) < 4.78 is 42.3. The van der Waals surface area contributed by atoms with Gasteiger partial charge in [-0.2, -0.15) is 0 Å². The molecule has 1 aromatic rings. The molecule has 1 saturated carbocycles. The highest BCUT2D eigenvalue weighted by molar-refractivity contribution is 7.91. The Hall–Kier alpha value is -1.34. The number of carbonyl (C=O) groups excluding carboxylic acids is 1. The Morgan fingerprint density at radius 3 is 2.56 bits per heavy atom. The second-order valence-corrected chi connectivity index (χ2v) is 9.30. The van der Waals surface area contributed by atoms with Crippen molar-refractivity contribution < 1.29 is 22.3 Å². The van der Waals surface area contributed by atoms with E-state index in [1.807, 2.05) is 0 Å². The fourth-order valence-corrected chi connectivity index (χ4v) is 5.55. The van der Waals surface area contributed by atoms with Gasteiger partial charge in [0.1, 0.15) is 11.6 Å². The van der Waals surface area contributed by atoms with Crippen LogP contribution in [0.3, 0.4) is 0 Å². The minimum Gasteiger partial charge on any atom is -0.484 e. The molecule has 1 aliphatic heterocycles. The molecule has 1 saturated heterocycles. The normalized spacial score (nSPS) is 22.9. The molecule has 2 aliphatic rings. The van der Waals surface area contributed by atoms with Crippen molar-refractivity contribution in [3.63, 3.8) is 0 Å². The first-order valence-corrected chi connectivity index (χ1v) is 10.6. The Balaban J connectivity index is 1.69. The number of sulfone groups is 1. The first-order chi connectivity index (χ1) is 11.9. The Kier molecular flexibility index (Phi) is 5.53. The minimum atomic E-state index is -3.07. The van der Waals surface area contributed by atoms with Gasteiger partial charge in [-0.05, 0) is 31.4 Å². The van der Waals surface area contributed by atoms with E-state index in [4.69, 9.17) is 16.3 Å². The molecule has 0 radical (unpaired) electrons. The third kappa shape index (κ3) is 4.44. The summed E-state index contributed by atoms with van der Waals surface area (Å²) >= 11 is 5.71. The number of nitrogens with zero attached hydrogens (tertiary/aromatic N) is 1. The van der Waals surface area contributed by atoms with Gasteiger partial charge in [-0.1, -0.05) is 24.4 Å². The second-order valence-electron chi connectivity index (χ2n) is 6.66. The van der Waals surface area contributed by atoms with Crippen LogP contribution in [0.2, 0.25) is 5.02 Å². The maximum Gasteiger partial charge on any atom is 0.261 e. The summed E-state index contributed by atoms with van der Waals surface area (Å²) in [4.78, 5) is 14.5. The van der Waals surface area contributed by atoms with Crippen molar-refractivity contribution >= 4 is 27.3 Å². The lowest BCUT2D eigenvalue weighted by atomic mass is 10.1. The molecule has 1 heterocycles. The van der Waals surface area contributed by atoms with Crippen molar-refractivity contribution in [1.29, 1.82) is 0 Å². The van der Waals surface area contributed by atoms with Gasteiger partial charge in [-0.15, -0.1) is 0 Å². The Bertz CT molecular complexity index is 749. The quantitative estimate of drug-likeness (QED) is 0.776. The summed E-state index contributed by atoms with van der Waals surface area (Å²) in [5, 5.41) is -0.0699. The lowest BCUT2D eigenvalue weighted by molar-refractivity contribution is -0.137. The summed E-state index contributed by atoms with van der Waals surface area (Å²) in [7, 11) is -3.07. The highest BCUT2D eigenvalue weighted by Crippen LogP contribution is 2.29. The van der Waals surface area contributed by atoms with Crippen LogP contribution in [0.5, 0.6) is 5.75 Å². The van der Waals surface area contributed by atoms with Crippen molar-refractivity contribution in [2.45, 2.75) is 44.2 Å². The number of carbonyl (C=O) groups is 1. The number of ether oxygens (including phenoxy) is 1. The molecule has 2 fully saturated rings. The van der Waals surface area contributed by atoms with Gasteiger partial charge in [-0.3, -0.25) is 4.79 Å². The molecule has 0 bridgehead atoms.